The van der Waals surface area contributed by atoms with Crippen molar-refractivity contribution < 1.29 is 13.2 Å². The van der Waals surface area contributed by atoms with E-state index in [-0.39, 0.29) is 3.89 Å². The zero-order valence-corrected chi connectivity index (χ0v) is 21.6. The molecule has 1 saturated carbocycles. The molecule has 0 saturated heterocycles. The maximum Gasteiger partial charge on any atom is 0.381 e. The maximum absolute atomic E-state index is 14.4. The number of nitrogens with zero attached hydrogens (tertiary/aromatic N) is 3. The number of likely N-dealkylation sites (N-methyl/N-ethyl adjacent to an activating group) is 1. The minimum atomic E-state index is -3.75. The summed E-state index contributed by atoms with van der Waals surface area (Å²) in [6.45, 7) is 1.90. The van der Waals surface area contributed by atoms with Crippen LogP contribution in [-0.4, -0.2) is 59.0 Å². The van der Waals surface area contributed by atoms with Crippen LogP contribution in [0.15, 0.2) is 42.5 Å². The lowest BCUT2D eigenvalue weighted by Crippen LogP contribution is -2.59. The Morgan fingerprint density at radius 2 is 1.76 bits per heavy atom. The molecule has 0 spiro atoms. The molecule has 6 nitrogen and oxygen atoms in total. The summed E-state index contributed by atoms with van der Waals surface area (Å²) in [5.41, 5.74) is 6.37. The molecule has 0 radical (unpaired) electrons. The van der Waals surface area contributed by atoms with Crippen molar-refractivity contribution in [3.8, 4) is 5.75 Å². The molecule has 0 aromatic heterocycles. The van der Waals surface area contributed by atoms with Gasteiger partial charge in [-0.05, 0) is 55.6 Å². The number of fused-ring (bicyclic) bond motifs is 5. The number of allylic oxidation sites excluding steroid dienone is 1. The average Bonchev–Trinajstić information content (AvgIpc) is 3.13. The van der Waals surface area contributed by atoms with E-state index in [1.165, 1.54) is 29.1 Å². The van der Waals surface area contributed by atoms with E-state index in [0.717, 1.165) is 53.2 Å². The smallest absolute Gasteiger partial charge is 0.381 e. The topological polar surface area (TPSA) is 49.9 Å². The van der Waals surface area contributed by atoms with Crippen LogP contribution in [0.5, 0.6) is 5.75 Å². The summed E-state index contributed by atoms with van der Waals surface area (Å²) >= 11 is 0. The zero-order chi connectivity index (χ0) is 24.1. The van der Waals surface area contributed by atoms with E-state index in [2.05, 4.69) is 36.2 Å². The first-order valence-electron chi connectivity index (χ1n) is 12.3. The normalized spacial score (nSPS) is 23.8. The van der Waals surface area contributed by atoms with Crippen molar-refractivity contribution in [3.63, 3.8) is 0 Å². The minimum absolute atomic E-state index is 0.147. The molecule has 0 bridgehead atoms. The third kappa shape index (κ3) is 3.44. The van der Waals surface area contributed by atoms with E-state index in [4.69, 9.17) is 4.74 Å². The van der Waals surface area contributed by atoms with Gasteiger partial charge in [0.15, 0.2) is 11.4 Å². The van der Waals surface area contributed by atoms with Gasteiger partial charge >= 0.3 is 10.2 Å². The molecule has 2 aromatic carbocycles. The SMILES string of the molecule is COc1ccc2c(c1)CN(C)CC[N+]1(S(=O)(=O)N(C)C)C2=C(C2CCCCC2)c2ccccc21. The molecule has 2 aromatic rings. The fraction of sp³-hybridized carbons (Fsp3) is 0.481. The molecular formula is C27H36N3O3S+. The average molecular weight is 483 g/mol. The van der Waals surface area contributed by atoms with Crippen LogP contribution in [-0.2, 0) is 16.8 Å². The molecule has 1 unspecified atom stereocenters. The molecule has 1 aliphatic carbocycles. The predicted octanol–water partition coefficient (Wildman–Crippen LogP) is 4.72. The Morgan fingerprint density at radius 3 is 2.47 bits per heavy atom. The lowest BCUT2D eigenvalue weighted by atomic mass is 9.79. The molecule has 182 valence electrons. The van der Waals surface area contributed by atoms with E-state index in [1.807, 2.05) is 18.2 Å². The third-order valence-corrected chi connectivity index (χ3v) is 10.1. The standard InChI is InChI=1S/C27H36N3O3S/c1-28(2)34(31,32)30-17-16-29(3)19-21-18-22(33-4)14-15-23(21)27(30)26(20-10-6-5-7-11-20)24-12-8-9-13-25(24)30/h8-9,12-15,18,20H,5-7,10-11,16-17,19H2,1-4H3/q+1. The quantitative estimate of drug-likeness (QED) is 0.592. The molecule has 0 amide bonds. The van der Waals surface area contributed by atoms with Crippen molar-refractivity contribution in [1.29, 1.82) is 0 Å². The highest BCUT2D eigenvalue weighted by Crippen LogP contribution is 2.57. The van der Waals surface area contributed by atoms with Crippen molar-refractivity contribution in [2.45, 2.75) is 38.6 Å². The molecule has 5 rings (SSSR count). The summed E-state index contributed by atoms with van der Waals surface area (Å²) in [5.74, 6) is 1.17. The second-order valence-electron chi connectivity index (χ2n) is 10.1. The Morgan fingerprint density at radius 1 is 1.03 bits per heavy atom. The second kappa shape index (κ2) is 8.79. The Kier molecular flexibility index (Phi) is 6.09. The molecule has 34 heavy (non-hydrogen) atoms. The number of methoxy groups -OCH3 is 1. The van der Waals surface area contributed by atoms with Gasteiger partial charge in [0.2, 0.25) is 0 Å². The number of benzene rings is 2. The third-order valence-electron chi connectivity index (χ3n) is 7.87. The van der Waals surface area contributed by atoms with Crippen molar-refractivity contribution in [2.75, 3.05) is 41.3 Å². The second-order valence-corrected chi connectivity index (χ2v) is 12.3. The lowest BCUT2D eigenvalue weighted by molar-refractivity contribution is 0.299. The summed E-state index contributed by atoms with van der Waals surface area (Å²) in [4.78, 5) is 2.22. The van der Waals surface area contributed by atoms with Crippen LogP contribution in [0.2, 0.25) is 0 Å². The summed E-state index contributed by atoms with van der Waals surface area (Å²) in [5, 5.41) is 0. The molecule has 3 aliphatic rings. The molecule has 2 heterocycles. The Balaban J connectivity index is 1.92. The van der Waals surface area contributed by atoms with Crippen LogP contribution in [0.3, 0.4) is 0 Å². The van der Waals surface area contributed by atoms with E-state index in [0.29, 0.717) is 19.0 Å². The Bertz CT molecular complexity index is 1230. The van der Waals surface area contributed by atoms with Crippen LogP contribution >= 0.6 is 0 Å². The molecule has 1 fully saturated rings. The van der Waals surface area contributed by atoms with Crippen molar-refractivity contribution in [3.05, 3.63) is 59.2 Å². The van der Waals surface area contributed by atoms with Gasteiger partial charge in [-0.15, -0.1) is 3.89 Å². The first-order valence-corrected chi connectivity index (χ1v) is 13.7. The molecule has 0 N–H and O–H groups in total. The van der Waals surface area contributed by atoms with Crippen molar-refractivity contribution >= 4 is 27.2 Å². The summed E-state index contributed by atoms with van der Waals surface area (Å²) in [6.07, 6.45) is 5.88. The zero-order valence-electron chi connectivity index (χ0n) is 20.8. The maximum atomic E-state index is 14.4. The van der Waals surface area contributed by atoms with Gasteiger partial charge in [-0.2, -0.15) is 12.7 Å². The molecule has 2 aliphatic heterocycles. The van der Waals surface area contributed by atoms with Crippen LogP contribution in [0, 0.1) is 5.92 Å². The van der Waals surface area contributed by atoms with Gasteiger partial charge in [0.1, 0.15) is 12.3 Å². The van der Waals surface area contributed by atoms with Gasteiger partial charge in [0.05, 0.1) is 7.11 Å². The predicted molar refractivity (Wildman–Crippen MR) is 138 cm³/mol. The Labute approximate surface area is 204 Å². The first-order chi connectivity index (χ1) is 16.3. The molecule has 7 heteroatoms. The van der Waals surface area contributed by atoms with Gasteiger partial charge in [-0.3, -0.25) is 4.90 Å². The Hall–Kier alpha value is -2.19. The van der Waals surface area contributed by atoms with Gasteiger partial charge in [0, 0.05) is 50.0 Å². The monoisotopic (exact) mass is 482 g/mol. The van der Waals surface area contributed by atoms with E-state index >= 15 is 0 Å². The summed E-state index contributed by atoms with van der Waals surface area (Å²) in [6, 6.07) is 14.4. The highest BCUT2D eigenvalue weighted by molar-refractivity contribution is 7.89. The number of hydrogen-bond acceptors (Lipinski definition) is 4. The lowest BCUT2D eigenvalue weighted by Gasteiger charge is -2.40. The molecular weight excluding hydrogens is 446 g/mol. The summed E-state index contributed by atoms with van der Waals surface area (Å²) < 4.78 is 35.6. The highest BCUT2D eigenvalue weighted by Gasteiger charge is 2.58. The van der Waals surface area contributed by atoms with Gasteiger partial charge in [-0.1, -0.05) is 31.4 Å². The number of quaternary nitrogens is 1. The fourth-order valence-corrected chi connectivity index (χ4v) is 7.91. The van der Waals surface area contributed by atoms with E-state index in [9.17, 15) is 8.42 Å². The first kappa shape index (κ1) is 23.5. The van der Waals surface area contributed by atoms with Crippen molar-refractivity contribution in [2.24, 2.45) is 5.92 Å². The van der Waals surface area contributed by atoms with E-state index in [1.54, 1.807) is 21.2 Å². The number of rotatable bonds is 4. The number of hydrogen-bond donors (Lipinski definition) is 0. The van der Waals surface area contributed by atoms with Crippen LogP contribution in [0.4, 0.5) is 5.69 Å². The highest BCUT2D eigenvalue weighted by atomic mass is 32.2. The molecule has 1 atom stereocenters. The fourth-order valence-electron chi connectivity index (χ4n) is 6.21. The van der Waals surface area contributed by atoms with Gasteiger partial charge < -0.3 is 4.74 Å². The largest absolute Gasteiger partial charge is 0.497 e. The van der Waals surface area contributed by atoms with Crippen LogP contribution in [0.1, 0.15) is 48.8 Å². The van der Waals surface area contributed by atoms with E-state index < -0.39 is 10.2 Å². The number of ether oxygens (including phenoxy) is 1. The summed E-state index contributed by atoms with van der Waals surface area (Å²) in [7, 11) is 3.33. The minimum Gasteiger partial charge on any atom is -0.497 e. The van der Waals surface area contributed by atoms with Gasteiger partial charge in [0.25, 0.3) is 0 Å². The van der Waals surface area contributed by atoms with Crippen LogP contribution in [0.25, 0.3) is 11.3 Å². The van der Waals surface area contributed by atoms with Gasteiger partial charge in [-0.25, -0.2) is 0 Å². The number of para-hydroxylation sites is 1. The van der Waals surface area contributed by atoms with Crippen LogP contribution < -0.4 is 8.63 Å². The van der Waals surface area contributed by atoms with Crippen molar-refractivity contribution in [1.82, 2.24) is 13.1 Å².